The SMILES string of the molecule is CC(=O)N1CCN([C@H](C)CCc2cccc(F)c2)CC1. The molecule has 4 heteroatoms. The number of hydrogen-bond donors (Lipinski definition) is 0. The topological polar surface area (TPSA) is 23.6 Å². The van der Waals surface area contributed by atoms with Crippen molar-refractivity contribution < 1.29 is 9.18 Å². The third-order valence-electron chi connectivity index (χ3n) is 4.12. The van der Waals surface area contributed by atoms with Crippen molar-refractivity contribution in [3.63, 3.8) is 0 Å². The minimum absolute atomic E-state index is 0.162. The fourth-order valence-corrected chi connectivity index (χ4v) is 2.73. The van der Waals surface area contributed by atoms with Crippen molar-refractivity contribution in [1.29, 1.82) is 0 Å². The van der Waals surface area contributed by atoms with Crippen LogP contribution in [0.15, 0.2) is 24.3 Å². The molecule has 1 amide bonds. The Bertz CT molecular complexity index is 456. The highest BCUT2D eigenvalue weighted by Gasteiger charge is 2.21. The standard InChI is InChI=1S/C16H23FN2O/c1-13(6-7-15-4-3-5-16(17)12-15)18-8-10-19(11-9-18)14(2)20/h3-5,12-13H,6-11H2,1-2H3/t13-/m1/s1. The van der Waals surface area contributed by atoms with Gasteiger partial charge in [-0.05, 0) is 37.5 Å². The number of amides is 1. The fourth-order valence-electron chi connectivity index (χ4n) is 2.73. The van der Waals surface area contributed by atoms with E-state index in [4.69, 9.17) is 0 Å². The zero-order valence-electron chi connectivity index (χ0n) is 12.3. The van der Waals surface area contributed by atoms with Crippen LogP contribution in [0.1, 0.15) is 25.8 Å². The number of carbonyl (C=O) groups is 1. The van der Waals surface area contributed by atoms with Crippen molar-refractivity contribution in [2.24, 2.45) is 0 Å². The van der Waals surface area contributed by atoms with E-state index in [1.807, 2.05) is 11.0 Å². The summed E-state index contributed by atoms with van der Waals surface area (Å²) in [5.74, 6) is 0.00212. The number of carbonyl (C=O) groups excluding carboxylic acids is 1. The lowest BCUT2D eigenvalue weighted by Gasteiger charge is -2.37. The predicted molar refractivity (Wildman–Crippen MR) is 78.0 cm³/mol. The first-order chi connectivity index (χ1) is 9.56. The molecule has 1 aliphatic heterocycles. The van der Waals surface area contributed by atoms with Crippen molar-refractivity contribution >= 4 is 5.91 Å². The Morgan fingerprint density at radius 3 is 2.60 bits per heavy atom. The van der Waals surface area contributed by atoms with Crippen LogP contribution in [0.3, 0.4) is 0 Å². The third kappa shape index (κ3) is 4.04. The minimum Gasteiger partial charge on any atom is -0.340 e. The van der Waals surface area contributed by atoms with Crippen molar-refractivity contribution in [3.05, 3.63) is 35.6 Å². The molecule has 0 N–H and O–H groups in total. The van der Waals surface area contributed by atoms with Crippen LogP contribution in [0.25, 0.3) is 0 Å². The number of hydrogen-bond acceptors (Lipinski definition) is 2. The summed E-state index contributed by atoms with van der Waals surface area (Å²) in [6.45, 7) is 7.35. The van der Waals surface area contributed by atoms with E-state index in [-0.39, 0.29) is 11.7 Å². The monoisotopic (exact) mass is 278 g/mol. The van der Waals surface area contributed by atoms with Gasteiger partial charge in [0.15, 0.2) is 0 Å². The molecule has 0 saturated carbocycles. The van der Waals surface area contributed by atoms with Gasteiger partial charge in [-0.1, -0.05) is 12.1 Å². The normalized spacial score (nSPS) is 18.1. The van der Waals surface area contributed by atoms with Gasteiger partial charge in [-0.25, -0.2) is 4.39 Å². The second-order valence-electron chi connectivity index (χ2n) is 5.56. The van der Waals surface area contributed by atoms with Crippen LogP contribution in [0, 0.1) is 5.82 Å². The summed E-state index contributed by atoms with van der Waals surface area (Å²) in [7, 11) is 0. The van der Waals surface area contributed by atoms with Crippen LogP contribution >= 0.6 is 0 Å². The molecule has 1 heterocycles. The average Bonchev–Trinajstić information content (AvgIpc) is 2.45. The molecule has 0 bridgehead atoms. The number of halogens is 1. The van der Waals surface area contributed by atoms with E-state index < -0.39 is 0 Å². The highest BCUT2D eigenvalue weighted by Crippen LogP contribution is 2.13. The summed E-state index contributed by atoms with van der Waals surface area (Å²) in [5.41, 5.74) is 1.05. The maximum absolute atomic E-state index is 13.1. The van der Waals surface area contributed by atoms with Gasteiger partial charge in [0.2, 0.25) is 5.91 Å². The van der Waals surface area contributed by atoms with Crippen LogP contribution in [-0.2, 0) is 11.2 Å². The van der Waals surface area contributed by atoms with E-state index in [2.05, 4.69) is 11.8 Å². The number of nitrogens with zero attached hydrogens (tertiary/aromatic N) is 2. The number of rotatable bonds is 4. The average molecular weight is 278 g/mol. The highest BCUT2D eigenvalue weighted by molar-refractivity contribution is 5.73. The van der Waals surface area contributed by atoms with Gasteiger partial charge >= 0.3 is 0 Å². The molecule has 1 saturated heterocycles. The van der Waals surface area contributed by atoms with E-state index in [1.54, 1.807) is 19.1 Å². The quantitative estimate of drug-likeness (QED) is 0.844. The maximum atomic E-state index is 13.1. The summed E-state index contributed by atoms with van der Waals surface area (Å²) < 4.78 is 13.1. The second kappa shape index (κ2) is 6.84. The Labute approximate surface area is 120 Å². The van der Waals surface area contributed by atoms with Crippen LogP contribution in [0.5, 0.6) is 0 Å². The van der Waals surface area contributed by atoms with Gasteiger partial charge in [-0.2, -0.15) is 0 Å². The summed E-state index contributed by atoms with van der Waals surface area (Å²) in [5, 5.41) is 0. The van der Waals surface area contributed by atoms with Crippen molar-refractivity contribution in [2.45, 2.75) is 32.7 Å². The molecule has 1 aliphatic rings. The molecule has 20 heavy (non-hydrogen) atoms. The van der Waals surface area contributed by atoms with Gasteiger partial charge in [0.1, 0.15) is 5.82 Å². The Balaban J connectivity index is 1.78. The van der Waals surface area contributed by atoms with E-state index in [9.17, 15) is 9.18 Å². The molecule has 2 rings (SSSR count). The molecule has 0 unspecified atom stereocenters. The van der Waals surface area contributed by atoms with E-state index in [0.717, 1.165) is 44.6 Å². The summed E-state index contributed by atoms with van der Waals surface area (Å²) in [4.78, 5) is 15.6. The second-order valence-corrected chi connectivity index (χ2v) is 5.56. The number of benzene rings is 1. The lowest BCUT2D eigenvalue weighted by atomic mass is 10.0. The molecule has 1 atom stereocenters. The Hall–Kier alpha value is -1.42. The molecule has 3 nitrogen and oxygen atoms in total. The molecule has 110 valence electrons. The van der Waals surface area contributed by atoms with Gasteiger partial charge < -0.3 is 4.90 Å². The molecule has 1 aromatic rings. The smallest absolute Gasteiger partial charge is 0.219 e. The number of aryl methyl sites for hydroxylation is 1. The lowest BCUT2D eigenvalue weighted by molar-refractivity contribution is -0.130. The minimum atomic E-state index is -0.162. The fraction of sp³-hybridized carbons (Fsp3) is 0.562. The first kappa shape index (κ1) is 15.0. The van der Waals surface area contributed by atoms with Crippen molar-refractivity contribution in [3.8, 4) is 0 Å². The van der Waals surface area contributed by atoms with Gasteiger partial charge in [0, 0.05) is 39.1 Å². The molecular formula is C16H23FN2O. The van der Waals surface area contributed by atoms with E-state index >= 15 is 0 Å². The molecule has 0 aliphatic carbocycles. The predicted octanol–water partition coefficient (Wildman–Crippen LogP) is 2.31. The summed E-state index contributed by atoms with van der Waals surface area (Å²) in [6.07, 6.45) is 1.91. The molecule has 1 fully saturated rings. The van der Waals surface area contributed by atoms with Gasteiger partial charge in [-0.15, -0.1) is 0 Å². The molecule has 1 aromatic carbocycles. The van der Waals surface area contributed by atoms with E-state index in [1.165, 1.54) is 6.07 Å². The largest absolute Gasteiger partial charge is 0.340 e. The van der Waals surface area contributed by atoms with Gasteiger partial charge in [0.05, 0.1) is 0 Å². The Morgan fingerprint density at radius 2 is 2.00 bits per heavy atom. The van der Waals surface area contributed by atoms with Crippen LogP contribution in [-0.4, -0.2) is 47.9 Å². The van der Waals surface area contributed by atoms with Crippen molar-refractivity contribution in [1.82, 2.24) is 9.80 Å². The van der Waals surface area contributed by atoms with Crippen LogP contribution in [0.2, 0.25) is 0 Å². The van der Waals surface area contributed by atoms with Gasteiger partial charge in [-0.3, -0.25) is 9.69 Å². The maximum Gasteiger partial charge on any atom is 0.219 e. The van der Waals surface area contributed by atoms with E-state index in [0.29, 0.717) is 6.04 Å². The van der Waals surface area contributed by atoms with Gasteiger partial charge in [0.25, 0.3) is 0 Å². The first-order valence-corrected chi connectivity index (χ1v) is 7.30. The van der Waals surface area contributed by atoms with Crippen molar-refractivity contribution in [2.75, 3.05) is 26.2 Å². The molecular weight excluding hydrogens is 255 g/mol. The zero-order valence-corrected chi connectivity index (χ0v) is 12.3. The van der Waals surface area contributed by atoms with Crippen LogP contribution < -0.4 is 0 Å². The number of piperazine rings is 1. The molecule has 0 spiro atoms. The summed E-state index contributed by atoms with van der Waals surface area (Å²) in [6, 6.07) is 7.30. The third-order valence-corrected chi connectivity index (χ3v) is 4.12. The Kier molecular flexibility index (Phi) is 5.12. The zero-order chi connectivity index (χ0) is 14.5. The first-order valence-electron chi connectivity index (χ1n) is 7.30. The lowest BCUT2D eigenvalue weighted by Crippen LogP contribution is -2.50. The summed E-state index contributed by atoms with van der Waals surface area (Å²) >= 11 is 0. The Morgan fingerprint density at radius 1 is 1.30 bits per heavy atom. The highest BCUT2D eigenvalue weighted by atomic mass is 19.1. The molecule has 0 radical (unpaired) electrons. The molecule has 0 aromatic heterocycles. The van der Waals surface area contributed by atoms with Crippen LogP contribution in [0.4, 0.5) is 4.39 Å².